The number of anilines is 1. The topological polar surface area (TPSA) is 108 Å². The first kappa shape index (κ1) is 25.7. The number of amides is 3. The highest BCUT2D eigenvalue weighted by atomic mass is 35.5. The van der Waals surface area contributed by atoms with Crippen LogP contribution in [0.15, 0.2) is 54.6 Å². The van der Waals surface area contributed by atoms with E-state index in [4.69, 9.17) is 16.3 Å². The summed E-state index contributed by atoms with van der Waals surface area (Å²) < 4.78 is 6.45. The second-order valence-corrected chi connectivity index (χ2v) is 10.6. The van der Waals surface area contributed by atoms with E-state index in [9.17, 15) is 19.5 Å². The van der Waals surface area contributed by atoms with Gasteiger partial charge in [0, 0.05) is 17.3 Å². The van der Waals surface area contributed by atoms with E-state index in [1.807, 2.05) is 37.3 Å². The van der Waals surface area contributed by atoms with Gasteiger partial charge in [-0.05, 0) is 55.5 Å². The van der Waals surface area contributed by atoms with Crippen LogP contribution in [0.25, 0.3) is 0 Å². The minimum atomic E-state index is -1.13. The van der Waals surface area contributed by atoms with E-state index < -0.39 is 41.5 Å². The molecule has 2 aromatic rings. The minimum absolute atomic E-state index is 0.214. The molecule has 6 atom stereocenters. The lowest BCUT2D eigenvalue weighted by Gasteiger charge is -2.36. The molecule has 196 valence electrons. The smallest absolute Gasteiger partial charge is 0.250 e. The standard InChI is InChI=1S/C28H32ClN3O5/c1-2-14-30-25(34)22-21-12-13-28(37-21)23(22)27(36)32(20(16-33)15-17-6-4-3-5-7-17)24(28)26(35)31-19-10-8-18(29)9-11-19/h3-11,20-24,33H,2,12-16H2,1H3,(H,30,34)(H,31,35)/t20-,21-,22+,23+,24?,28?/m1/s1. The Morgan fingerprint density at radius 2 is 1.89 bits per heavy atom. The summed E-state index contributed by atoms with van der Waals surface area (Å²) in [7, 11) is 0. The maximum absolute atomic E-state index is 14.1. The highest BCUT2D eigenvalue weighted by Crippen LogP contribution is 2.59. The van der Waals surface area contributed by atoms with Gasteiger partial charge in [0.2, 0.25) is 17.7 Å². The number of carbonyl (C=O) groups excluding carboxylic acids is 3. The first-order chi connectivity index (χ1) is 17.9. The van der Waals surface area contributed by atoms with Gasteiger partial charge in [-0.3, -0.25) is 14.4 Å². The van der Waals surface area contributed by atoms with Crippen molar-refractivity contribution >= 4 is 35.0 Å². The largest absolute Gasteiger partial charge is 0.394 e. The van der Waals surface area contributed by atoms with Crippen LogP contribution in [0, 0.1) is 11.8 Å². The highest BCUT2D eigenvalue weighted by molar-refractivity contribution is 6.30. The summed E-state index contributed by atoms with van der Waals surface area (Å²) in [5.41, 5.74) is 0.342. The summed E-state index contributed by atoms with van der Waals surface area (Å²) in [5, 5.41) is 16.8. The molecule has 0 aliphatic carbocycles. The average Bonchev–Trinajstić information content (AvgIpc) is 3.55. The molecule has 2 unspecified atom stereocenters. The number of rotatable bonds is 9. The van der Waals surface area contributed by atoms with Crippen molar-refractivity contribution in [3.05, 3.63) is 65.2 Å². The molecule has 8 nitrogen and oxygen atoms in total. The molecule has 37 heavy (non-hydrogen) atoms. The van der Waals surface area contributed by atoms with Crippen molar-refractivity contribution in [1.82, 2.24) is 10.2 Å². The molecule has 5 rings (SSSR count). The molecule has 9 heteroatoms. The fourth-order valence-corrected chi connectivity index (χ4v) is 6.46. The Morgan fingerprint density at radius 3 is 2.57 bits per heavy atom. The van der Waals surface area contributed by atoms with E-state index in [0.29, 0.717) is 36.5 Å². The van der Waals surface area contributed by atoms with Crippen molar-refractivity contribution in [1.29, 1.82) is 0 Å². The summed E-state index contributed by atoms with van der Waals surface area (Å²) >= 11 is 6.01. The van der Waals surface area contributed by atoms with Crippen LogP contribution in [-0.2, 0) is 25.5 Å². The van der Waals surface area contributed by atoms with Crippen LogP contribution >= 0.6 is 11.6 Å². The SMILES string of the molecule is CCCNC(=O)[C@@H]1[C@H]2C(=O)N([C@@H](CO)Cc3ccccc3)C(C(=O)Nc3ccc(Cl)cc3)C23CC[C@H]1O3. The zero-order valence-electron chi connectivity index (χ0n) is 20.7. The van der Waals surface area contributed by atoms with Crippen LogP contribution in [-0.4, -0.2) is 64.7 Å². The molecule has 0 aromatic heterocycles. The Balaban J connectivity index is 1.52. The molecule has 2 bridgehead atoms. The van der Waals surface area contributed by atoms with E-state index in [0.717, 1.165) is 12.0 Å². The fourth-order valence-electron chi connectivity index (χ4n) is 6.33. The number of likely N-dealkylation sites (tertiary alicyclic amines) is 1. The van der Waals surface area contributed by atoms with E-state index in [-0.39, 0.29) is 18.4 Å². The number of nitrogens with one attached hydrogen (secondary N) is 2. The number of halogens is 1. The number of aliphatic hydroxyl groups excluding tert-OH is 1. The van der Waals surface area contributed by atoms with Gasteiger partial charge in [0.05, 0.1) is 30.6 Å². The molecular formula is C28H32ClN3O5. The lowest BCUT2D eigenvalue weighted by molar-refractivity contribution is -0.144. The van der Waals surface area contributed by atoms with Gasteiger partial charge in [-0.1, -0.05) is 48.9 Å². The monoisotopic (exact) mass is 525 g/mol. The predicted molar refractivity (Wildman–Crippen MR) is 139 cm³/mol. The molecule has 0 saturated carbocycles. The number of aliphatic hydroxyl groups is 1. The summed E-state index contributed by atoms with van der Waals surface area (Å²) in [5.74, 6) is -2.38. The van der Waals surface area contributed by atoms with Crippen molar-refractivity contribution in [2.75, 3.05) is 18.5 Å². The third kappa shape index (κ3) is 4.51. The molecule has 3 saturated heterocycles. The highest BCUT2D eigenvalue weighted by Gasteiger charge is 2.75. The number of ether oxygens (including phenoxy) is 1. The van der Waals surface area contributed by atoms with E-state index in [1.54, 1.807) is 24.3 Å². The third-order valence-electron chi connectivity index (χ3n) is 7.87. The lowest BCUT2D eigenvalue weighted by Crippen LogP contribution is -2.56. The summed E-state index contributed by atoms with van der Waals surface area (Å²) in [4.78, 5) is 42.7. The molecule has 3 aliphatic rings. The van der Waals surface area contributed by atoms with Gasteiger partial charge in [0.1, 0.15) is 11.6 Å². The summed E-state index contributed by atoms with van der Waals surface area (Å²) in [6.45, 7) is 2.14. The number of hydrogen-bond donors (Lipinski definition) is 3. The molecule has 3 aliphatic heterocycles. The third-order valence-corrected chi connectivity index (χ3v) is 8.12. The Morgan fingerprint density at radius 1 is 1.16 bits per heavy atom. The summed E-state index contributed by atoms with van der Waals surface area (Å²) in [6.07, 6.45) is 1.81. The molecule has 3 N–H and O–H groups in total. The lowest BCUT2D eigenvalue weighted by atomic mass is 9.70. The van der Waals surface area contributed by atoms with Crippen LogP contribution < -0.4 is 10.6 Å². The molecule has 3 heterocycles. The zero-order valence-corrected chi connectivity index (χ0v) is 21.5. The van der Waals surface area contributed by atoms with Crippen molar-refractivity contribution in [3.63, 3.8) is 0 Å². The maximum Gasteiger partial charge on any atom is 0.250 e. The predicted octanol–water partition coefficient (Wildman–Crippen LogP) is 2.78. The van der Waals surface area contributed by atoms with E-state index in [2.05, 4.69) is 10.6 Å². The van der Waals surface area contributed by atoms with Gasteiger partial charge in [-0.2, -0.15) is 0 Å². The number of hydrogen-bond acceptors (Lipinski definition) is 5. The van der Waals surface area contributed by atoms with Gasteiger partial charge in [0.15, 0.2) is 0 Å². The van der Waals surface area contributed by atoms with Crippen molar-refractivity contribution < 1.29 is 24.2 Å². The van der Waals surface area contributed by atoms with Gasteiger partial charge < -0.3 is 25.4 Å². The molecule has 1 spiro atoms. The van der Waals surface area contributed by atoms with Crippen LogP contribution in [0.3, 0.4) is 0 Å². The quantitative estimate of drug-likeness (QED) is 0.466. The molecule has 3 fully saturated rings. The maximum atomic E-state index is 14.1. The first-order valence-electron chi connectivity index (χ1n) is 12.9. The van der Waals surface area contributed by atoms with Crippen molar-refractivity contribution in [2.45, 2.75) is 56.4 Å². The normalized spacial score (nSPS) is 28.7. The average molecular weight is 526 g/mol. The summed E-state index contributed by atoms with van der Waals surface area (Å²) in [6, 6.07) is 14.6. The number of carbonyl (C=O) groups is 3. The first-order valence-corrected chi connectivity index (χ1v) is 13.3. The Labute approximate surface area is 221 Å². The number of nitrogens with zero attached hydrogens (tertiary/aromatic N) is 1. The molecule has 2 aromatic carbocycles. The molecule has 0 radical (unpaired) electrons. The van der Waals surface area contributed by atoms with E-state index in [1.165, 1.54) is 4.90 Å². The van der Waals surface area contributed by atoms with Crippen LogP contribution in [0.1, 0.15) is 31.7 Å². The molecule has 3 amide bonds. The van der Waals surface area contributed by atoms with Crippen LogP contribution in [0.5, 0.6) is 0 Å². The van der Waals surface area contributed by atoms with Crippen molar-refractivity contribution in [3.8, 4) is 0 Å². The minimum Gasteiger partial charge on any atom is -0.394 e. The Hall–Kier alpha value is -2.94. The van der Waals surface area contributed by atoms with Gasteiger partial charge >= 0.3 is 0 Å². The van der Waals surface area contributed by atoms with E-state index >= 15 is 0 Å². The fraction of sp³-hybridized carbons (Fsp3) is 0.464. The van der Waals surface area contributed by atoms with Crippen molar-refractivity contribution in [2.24, 2.45) is 11.8 Å². The van der Waals surface area contributed by atoms with Crippen LogP contribution in [0.2, 0.25) is 5.02 Å². The van der Waals surface area contributed by atoms with Gasteiger partial charge in [-0.25, -0.2) is 0 Å². The number of fused-ring (bicyclic) bond motifs is 1. The zero-order chi connectivity index (χ0) is 26.2. The van der Waals surface area contributed by atoms with Crippen LogP contribution in [0.4, 0.5) is 5.69 Å². The van der Waals surface area contributed by atoms with Gasteiger partial charge in [-0.15, -0.1) is 0 Å². The number of benzene rings is 2. The second-order valence-electron chi connectivity index (χ2n) is 10.1. The Kier molecular flexibility index (Phi) is 7.25. The Bertz CT molecular complexity index is 1160. The van der Waals surface area contributed by atoms with Gasteiger partial charge in [0.25, 0.3) is 0 Å². The second kappa shape index (κ2) is 10.4. The molecular weight excluding hydrogens is 494 g/mol.